The molecule has 3 N–H and O–H groups in total. The van der Waals surface area contributed by atoms with Gasteiger partial charge in [-0.3, -0.25) is 9.36 Å². The summed E-state index contributed by atoms with van der Waals surface area (Å²) in [5.74, 6) is -0.368. The Morgan fingerprint density at radius 2 is 2.03 bits per heavy atom. The molecule has 1 saturated heterocycles. The maximum absolute atomic E-state index is 13.6. The number of carbonyl (C=O) groups is 2. The third-order valence-electron chi connectivity index (χ3n) is 5.41. The molecule has 0 aliphatic carbocycles. The molecule has 0 unspecified atom stereocenters. The van der Waals surface area contributed by atoms with Gasteiger partial charge in [-0.15, -0.1) is 0 Å². The van der Waals surface area contributed by atoms with E-state index in [9.17, 15) is 19.1 Å². The first-order valence-electron chi connectivity index (χ1n) is 11.4. The van der Waals surface area contributed by atoms with Crippen LogP contribution in [0.4, 0.5) is 15.0 Å². The van der Waals surface area contributed by atoms with E-state index in [1.807, 2.05) is 20.8 Å². The lowest BCUT2D eigenvalue weighted by atomic mass is 10.0. The smallest absolute Gasteiger partial charge is 0.460 e. The summed E-state index contributed by atoms with van der Waals surface area (Å²) in [6, 6.07) is 0. The van der Waals surface area contributed by atoms with Gasteiger partial charge in [-0.25, -0.2) is 9.78 Å². The Morgan fingerprint density at radius 1 is 1.29 bits per heavy atom. The Morgan fingerprint density at radius 3 is 2.74 bits per heavy atom. The maximum atomic E-state index is 13.6. The molecule has 0 radical (unpaired) electrons. The first-order valence-corrected chi connectivity index (χ1v) is 11.4. The first-order chi connectivity index (χ1) is 16.4. The van der Waals surface area contributed by atoms with E-state index in [-0.39, 0.29) is 42.6 Å². The summed E-state index contributed by atoms with van der Waals surface area (Å²) < 4.78 is 36.4. The fourth-order valence-corrected chi connectivity index (χ4v) is 3.64. The van der Waals surface area contributed by atoms with Gasteiger partial charge < -0.3 is 29.8 Å². The van der Waals surface area contributed by atoms with Crippen LogP contribution in [0.25, 0.3) is 11.2 Å². The fraction of sp³-hybridized carbons (Fsp3) is 0.682. The summed E-state index contributed by atoms with van der Waals surface area (Å²) in [7, 11) is 0. The Labute approximate surface area is 201 Å². The van der Waals surface area contributed by atoms with E-state index < -0.39 is 35.8 Å². The van der Waals surface area contributed by atoms with E-state index in [1.165, 1.54) is 10.9 Å². The molecule has 0 bridgehead atoms. The number of anilines is 1. The zero-order chi connectivity index (χ0) is 25.8. The number of esters is 1. The number of ether oxygens (including phenoxy) is 4. The standard InChI is InChI=1S/C22H32FN5O7/c1-21(2,3)35-15(30)8-6-5-7-9-32-20(31)33-11-22(4)13(29)10-14(34-22)28-12-25-16-17(24)26-19(23)27-18(16)28/h12-14,29H,5-11H2,1-4H3,(H2,24,26,27)/t13-,14+,22+/m0/s1. The highest BCUT2D eigenvalue weighted by Crippen LogP contribution is 2.38. The molecule has 1 aliphatic rings. The van der Waals surface area contributed by atoms with Gasteiger partial charge in [0.2, 0.25) is 0 Å². The molecule has 0 amide bonds. The normalized spacial score (nSPS) is 22.3. The molecule has 2 aromatic heterocycles. The SMILES string of the molecule is CC(C)(C)OC(=O)CCCCCOC(=O)OC[C@@]1(C)O[C@@H](n2cnc3c(N)nc(F)nc32)C[C@@H]1O. The van der Waals surface area contributed by atoms with Crippen LogP contribution in [0.1, 0.15) is 66.0 Å². The van der Waals surface area contributed by atoms with E-state index in [4.69, 9.17) is 24.7 Å². The quantitative estimate of drug-likeness (QED) is 0.298. The van der Waals surface area contributed by atoms with Crippen LogP contribution >= 0.6 is 0 Å². The van der Waals surface area contributed by atoms with Crippen molar-refractivity contribution in [3.63, 3.8) is 0 Å². The predicted octanol–water partition coefficient (Wildman–Crippen LogP) is 2.64. The number of rotatable bonds is 9. The molecule has 1 fully saturated rings. The van der Waals surface area contributed by atoms with Crippen molar-refractivity contribution < 1.29 is 38.0 Å². The second-order valence-electron chi connectivity index (χ2n) is 9.62. The minimum Gasteiger partial charge on any atom is -0.460 e. The number of nitrogens with two attached hydrogens (primary N) is 1. The fourth-order valence-electron chi connectivity index (χ4n) is 3.64. The average molecular weight is 498 g/mol. The summed E-state index contributed by atoms with van der Waals surface area (Å²) in [5, 5.41) is 10.5. The van der Waals surface area contributed by atoms with Crippen molar-refractivity contribution >= 4 is 29.1 Å². The molecular weight excluding hydrogens is 465 g/mol. The van der Waals surface area contributed by atoms with Crippen LogP contribution in [-0.2, 0) is 23.7 Å². The van der Waals surface area contributed by atoms with E-state index in [0.717, 1.165) is 0 Å². The molecule has 3 heterocycles. The Bertz CT molecular complexity index is 1060. The highest BCUT2D eigenvalue weighted by Gasteiger charge is 2.46. The lowest BCUT2D eigenvalue weighted by Crippen LogP contribution is -2.41. The highest BCUT2D eigenvalue weighted by atomic mass is 19.1. The number of fused-ring (bicyclic) bond motifs is 1. The molecular formula is C22H32FN5O7. The Hall–Kier alpha value is -3.06. The highest BCUT2D eigenvalue weighted by molar-refractivity contribution is 5.81. The van der Waals surface area contributed by atoms with E-state index >= 15 is 0 Å². The molecule has 2 aromatic rings. The maximum Gasteiger partial charge on any atom is 0.508 e. The lowest BCUT2D eigenvalue weighted by molar-refractivity contribution is -0.154. The van der Waals surface area contributed by atoms with Gasteiger partial charge in [0.25, 0.3) is 0 Å². The zero-order valence-corrected chi connectivity index (χ0v) is 20.3. The van der Waals surface area contributed by atoms with Crippen LogP contribution in [0.3, 0.4) is 0 Å². The largest absolute Gasteiger partial charge is 0.508 e. The number of halogens is 1. The van der Waals surface area contributed by atoms with Gasteiger partial charge in [0.1, 0.15) is 24.0 Å². The van der Waals surface area contributed by atoms with E-state index in [1.54, 1.807) is 6.92 Å². The average Bonchev–Trinajstić information content (AvgIpc) is 3.29. The molecule has 1 aliphatic heterocycles. The molecule has 0 saturated carbocycles. The number of aromatic nitrogens is 4. The number of aliphatic hydroxyl groups is 1. The second-order valence-corrected chi connectivity index (χ2v) is 9.62. The van der Waals surface area contributed by atoms with Crippen molar-refractivity contribution in [3.05, 3.63) is 12.4 Å². The molecule has 3 rings (SSSR count). The Kier molecular flexibility index (Phi) is 8.11. The monoisotopic (exact) mass is 497 g/mol. The topological polar surface area (TPSA) is 161 Å². The number of nitrogen functional groups attached to an aromatic ring is 1. The minimum absolute atomic E-state index is 0.108. The van der Waals surface area contributed by atoms with Gasteiger partial charge in [-0.1, -0.05) is 0 Å². The number of hydrogen-bond acceptors (Lipinski definition) is 11. The van der Waals surface area contributed by atoms with Crippen LogP contribution < -0.4 is 5.73 Å². The van der Waals surface area contributed by atoms with Gasteiger partial charge in [-0.2, -0.15) is 14.4 Å². The summed E-state index contributed by atoms with van der Waals surface area (Å²) in [6.07, 6.45) is 0.0340. The van der Waals surface area contributed by atoms with Crippen LogP contribution in [0.15, 0.2) is 6.33 Å². The number of imidazole rings is 1. The van der Waals surface area contributed by atoms with Gasteiger partial charge in [-0.05, 0) is 47.0 Å². The van der Waals surface area contributed by atoms with Gasteiger partial charge in [0.05, 0.1) is 19.0 Å². The number of carbonyl (C=O) groups excluding carboxylic acids is 2. The van der Waals surface area contributed by atoms with Gasteiger partial charge in [0.15, 0.2) is 17.0 Å². The van der Waals surface area contributed by atoms with Crippen LogP contribution in [0.2, 0.25) is 0 Å². The van der Waals surface area contributed by atoms with Crippen LogP contribution in [0, 0.1) is 6.08 Å². The van der Waals surface area contributed by atoms with Crippen LogP contribution in [0.5, 0.6) is 0 Å². The first kappa shape index (κ1) is 26.5. The summed E-state index contributed by atoms with van der Waals surface area (Å²) in [6.45, 7) is 6.89. The van der Waals surface area contributed by atoms with Crippen molar-refractivity contribution in [2.45, 2.75) is 83.3 Å². The number of aliphatic hydroxyl groups excluding tert-OH is 1. The minimum atomic E-state index is -1.23. The van der Waals surface area contributed by atoms with Crippen LogP contribution in [-0.4, -0.2) is 67.3 Å². The molecule has 12 nitrogen and oxygen atoms in total. The summed E-state index contributed by atoms with van der Waals surface area (Å²) in [5.41, 5.74) is 4.28. The molecule has 194 valence electrons. The van der Waals surface area contributed by atoms with Crippen molar-refractivity contribution in [1.29, 1.82) is 0 Å². The number of unbranched alkanes of at least 4 members (excludes halogenated alkanes) is 2. The molecule has 35 heavy (non-hydrogen) atoms. The van der Waals surface area contributed by atoms with Gasteiger partial charge >= 0.3 is 18.2 Å². The van der Waals surface area contributed by atoms with Crippen molar-refractivity contribution in [3.8, 4) is 0 Å². The second kappa shape index (κ2) is 10.7. The van der Waals surface area contributed by atoms with E-state index in [0.29, 0.717) is 25.7 Å². The summed E-state index contributed by atoms with van der Waals surface area (Å²) >= 11 is 0. The van der Waals surface area contributed by atoms with E-state index in [2.05, 4.69) is 15.0 Å². The molecule has 0 aromatic carbocycles. The van der Waals surface area contributed by atoms with Crippen molar-refractivity contribution in [1.82, 2.24) is 19.5 Å². The van der Waals surface area contributed by atoms with Crippen molar-refractivity contribution in [2.75, 3.05) is 18.9 Å². The molecule has 3 atom stereocenters. The molecule has 13 heteroatoms. The zero-order valence-electron chi connectivity index (χ0n) is 20.3. The Balaban J connectivity index is 1.41. The van der Waals surface area contributed by atoms with Gasteiger partial charge in [0, 0.05) is 12.8 Å². The number of nitrogens with zero attached hydrogens (tertiary/aromatic N) is 4. The third kappa shape index (κ3) is 6.98. The third-order valence-corrected chi connectivity index (χ3v) is 5.41. The van der Waals surface area contributed by atoms with Crippen molar-refractivity contribution in [2.24, 2.45) is 0 Å². The molecule has 0 spiro atoms. The number of hydrogen-bond donors (Lipinski definition) is 2. The predicted molar refractivity (Wildman–Crippen MR) is 120 cm³/mol. The lowest BCUT2D eigenvalue weighted by Gasteiger charge is -2.26. The summed E-state index contributed by atoms with van der Waals surface area (Å²) in [4.78, 5) is 34.9.